The molecule has 5 nitrogen and oxygen atoms in total. The van der Waals surface area contributed by atoms with Gasteiger partial charge in [-0.15, -0.1) is 11.8 Å². The first-order valence-electron chi connectivity index (χ1n) is 8.40. The van der Waals surface area contributed by atoms with Gasteiger partial charge in [0, 0.05) is 38.5 Å². The van der Waals surface area contributed by atoms with Crippen molar-refractivity contribution >= 4 is 28.6 Å². The van der Waals surface area contributed by atoms with Gasteiger partial charge in [-0.05, 0) is 23.8 Å². The third kappa shape index (κ3) is 4.58. The predicted octanol–water partition coefficient (Wildman–Crippen LogP) is 4.66. The van der Waals surface area contributed by atoms with E-state index in [2.05, 4.69) is 36.8 Å². The van der Waals surface area contributed by atoms with Crippen LogP contribution in [0.3, 0.4) is 0 Å². The minimum absolute atomic E-state index is 0.0210. The molecule has 0 radical (unpaired) electrons. The molecule has 1 aromatic carbocycles. The fourth-order valence-corrected chi connectivity index (χ4v) is 3.79. The maximum atomic E-state index is 11.2. The number of aliphatic carboxylic acids is 1. The molecule has 0 fully saturated rings. The molecule has 2 heterocycles. The van der Waals surface area contributed by atoms with Crippen LogP contribution in [-0.4, -0.2) is 25.8 Å². The van der Waals surface area contributed by atoms with Crippen molar-refractivity contribution in [2.75, 3.05) is 0 Å². The largest absolute Gasteiger partial charge is 0.481 e. The highest BCUT2D eigenvalue weighted by atomic mass is 32.2. The van der Waals surface area contributed by atoms with Crippen LogP contribution in [0.15, 0.2) is 47.5 Å². The summed E-state index contributed by atoms with van der Waals surface area (Å²) in [5, 5.41) is 10.3. The van der Waals surface area contributed by atoms with Crippen LogP contribution in [0.25, 0.3) is 10.9 Å². The molecule has 3 rings (SSSR count). The van der Waals surface area contributed by atoms with Gasteiger partial charge in [-0.1, -0.05) is 32.9 Å². The molecule has 0 unspecified atom stereocenters. The van der Waals surface area contributed by atoms with Gasteiger partial charge in [-0.2, -0.15) is 0 Å². The summed E-state index contributed by atoms with van der Waals surface area (Å²) in [6, 6.07) is 11.6. The van der Waals surface area contributed by atoms with Crippen molar-refractivity contribution in [2.45, 2.75) is 43.4 Å². The average Bonchev–Trinajstić information content (AvgIpc) is 2.88. The highest BCUT2D eigenvalue weighted by molar-refractivity contribution is 8.00. The van der Waals surface area contributed by atoms with E-state index < -0.39 is 5.97 Å². The summed E-state index contributed by atoms with van der Waals surface area (Å²) in [4.78, 5) is 19.7. The fourth-order valence-electron chi connectivity index (χ4n) is 2.65. The van der Waals surface area contributed by atoms with Crippen molar-refractivity contribution < 1.29 is 14.6 Å². The molecule has 2 N–H and O–H groups in total. The van der Waals surface area contributed by atoms with E-state index in [4.69, 9.17) is 4.74 Å². The van der Waals surface area contributed by atoms with Gasteiger partial charge >= 0.3 is 5.97 Å². The van der Waals surface area contributed by atoms with Crippen LogP contribution in [0.4, 0.5) is 0 Å². The van der Waals surface area contributed by atoms with Gasteiger partial charge < -0.3 is 14.8 Å². The molecule has 2 aromatic heterocycles. The maximum absolute atomic E-state index is 11.2. The van der Waals surface area contributed by atoms with Crippen molar-refractivity contribution in [1.82, 2.24) is 9.97 Å². The fraction of sp³-hybridized carbons (Fsp3) is 0.300. The van der Waals surface area contributed by atoms with Crippen molar-refractivity contribution in [2.24, 2.45) is 0 Å². The zero-order chi connectivity index (χ0) is 18.7. The van der Waals surface area contributed by atoms with Crippen LogP contribution in [0.5, 0.6) is 5.88 Å². The van der Waals surface area contributed by atoms with E-state index in [1.807, 2.05) is 30.3 Å². The minimum atomic E-state index is -0.842. The number of fused-ring (bicyclic) bond motifs is 1. The number of nitrogens with zero attached hydrogens (tertiary/aromatic N) is 1. The minimum Gasteiger partial charge on any atom is -0.481 e. The van der Waals surface area contributed by atoms with E-state index in [-0.39, 0.29) is 11.2 Å². The summed E-state index contributed by atoms with van der Waals surface area (Å²) in [6.45, 7) is 6.77. The molecule has 0 aliphatic carbocycles. The average molecular weight is 370 g/mol. The molecule has 6 heteroatoms. The lowest BCUT2D eigenvalue weighted by Crippen LogP contribution is -2.08. The Labute approximate surface area is 156 Å². The second-order valence-corrected chi connectivity index (χ2v) is 8.89. The van der Waals surface area contributed by atoms with Gasteiger partial charge in [0.25, 0.3) is 0 Å². The Morgan fingerprint density at radius 1 is 1.27 bits per heavy atom. The number of carboxylic acids is 1. The summed E-state index contributed by atoms with van der Waals surface area (Å²) in [6.07, 6.45) is 1.67. The molecule has 0 amide bonds. The van der Waals surface area contributed by atoms with Gasteiger partial charge in [0.2, 0.25) is 5.88 Å². The zero-order valence-corrected chi connectivity index (χ0v) is 15.9. The summed E-state index contributed by atoms with van der Waals surface area (Å²) >= 11 is 1.68. The van der Waals surface area contributed by atoms with Crippen LogP contribution in [-0.2, 0) is 17.8 Å². The molecule has 26 heavy (non-hydrogen) atoms. The molecular weight excluding hydrogens is 348 g/mol. The summed E-state index contributed by atoms with van der Waals surface area (Å²) < 4.78 is 5.71. The van der Waals surface area contributed by atoms with Crippen LogP contribution in [0.2, 0.25) is 0 Å². The Hall–Kier alpha value is -2.47. The number of carboxylic acid groups (broad SMARTS) is 1. The Kier molecular flexibility index (Phi) is 5.23. The lowest BCUT2D eigenvalue weighted by Gasteiger charge is -2.18. The molecule has 0 saturated heterocycles. The predicted molar refractivity (Wildman–Crippen MR) is 104 cm³/mol. The number of aromatic nitrogens is 2. The monoisotopic (exact) mass is 370 g/mol. The molecule has 0 aliphatic heterocycles. The molecule has 3 aromatic rings. The standard InChI is InChI=1S/C20H22N2O3S/c1-20(2,3)26-19-14-10-13(12-25-17-6-4-5-9-21-17)7-8-15(14)22-16(19)11-18(23)24/h4-10,22H,11-12H2,1-3H3,(H,23,24). The highest BCUT2D eigenvalue weighted by Crippen LogP contribution is 2.39. The Bertz CT molecular complexity index is 914. The lowest BCUT2D eigenvalue weighted by molar-refractivity contribution is -0.136. The van der Waals surface area contributed by atoms with Crippen molar-refractivity contribution in [3.05, 3.63) is 53.9 Å². The second kappa shape index (κ2) is 7.41. The second-order valence-electron chi connectivity index (χ2n) is 7.05. The summed E-state index contributed by atoms with van der Waals surface area (Å²) in [5.74, 6) is -0.261. The normalized spacial score (nSPS) is 11.7. The van der Waals surface area contributed by atoms with E-state index in [9.17, 15) is 9.90 Å². The number of ether oxygens (including phenoxy) is 1. The van der Waals surface area contributed by atoms with E-state index >= 15 is 0 Å². The first-order valence-corrected chi connectivity index (χ1v) is 9.21. The van der Waals surface area contributed by atoms with Gasteiger partial charge in [0.15, 0.2) is 0 Å². The van der Waals surface area contributed by atoms with E-state index in [1.54, 1.807) is 18.0 Å². The number of aromatic amines is 1. The highest BCUT2D eigenvalue weighted by Gasteiger charge is 2.21. The van der Waals surface area contributed by atoms with E-state index in [1.165, 1.54) is 0 Å². The van der Waals surface area contributed by atoms with Gasteiger partial charge in [0.05, 0.1) is 6.42 Å². The Balaban J connectivity index is 1.93. The lowest BCUT2D eigenvalue weighted by atomic mass is 10.1. The zero-order valence-electron chi connectivity index (χ0n) is 15.1. The number of pyridine rings is 1. The number of thioether (sulfide) groups is 1. The third-order valence-corrected chi connectivity index (χ3v) is 4.93. The smallest absolute Gasteiger partial charge is 0.309 e. The molecule has 0 bridgehead atoms. The van der Waals surface area contributed by atoms with Crippen LogP contribution >= 0.6 is 11.8 Å². The summed E-state index contributed by atoms with van der Waals surface area (Å²) in [7, 11) is 0. The number of H-pyrrole nitrogens is 1. The van der Waals surface area contributed by atoms with Crippen LogP contribution < -0.4 is 4.74 Å². The number of hydrogen-bond donors (Lipinski definition) is 2. The molecule has 0 spiro atoms. The Morgan fingerprint density at radius 3 is 2.73 bits per heavy atom. The first-order chi connectivity index (χ1) is 12.3. The van der Waals surface area contributed by atoms with E-state index in [0.29, 0.717) is 12.5 Å². The van der Waals surface area contributed by atoms with Crippen molar-refractivity contribution in [3.8, 4) is 5.88 Å². The molecule has 0 atom stereocenters. The number of nitrogens with one attached hydrogen (secondary N) is 1. The Morgan fingerprint density at radius 2 is 2.08 bits per heavy atom. The van der Waals surface area contributed by atoms with Crippen molar-refractivity contribution in [1.29, 1.82) is 0 Å². The van der Waals surface area contributed by atoms with Crippen molar-refractivity contribution in [3.63, 3.8) is 0 Å². The quantitative estimate of drug-likeness (QED) is 0.617. The van der Waals surface area contributed by atoms with Gasteiger partial charge in [0.1, 0.15) is 6.61 Å². The molecule has 0 saturated carbocycles. The summed E-state index contributed by atoms with van der Waals surface area (Å²) in [5.41, 5.74) is 2.70. The number of hydrogen-bond acceptors (Lipinski definition) is 4. The maximum Gasteiger partial charge on any atom is 0.309 e. The number of carbonyl (C=O) groups is 1. The van der Waals surface area contributed by atoms with Gasteiger partial charge in [-0.25, -0.2) is 4.98 Å². The van der Waals surface area contributed by atoms with Gasteiger partial charge in [-0.3, -0.25) is 4.79 Å². The van der Waals surface area contributed by atoms with Crippen LogP contribution in [0.1, 0.15) is 32.0 Å². The number of rotatable bonds is 6. The molecular formula is C20H22N2O3S. The number of benzene rings is 1. The molecule has 0 aliphatic rings. The van der Waals surface area contributed by atoms with Crippen LogP contribution in [0, 0.1) is 0 Å². The SMILES string of the molecule is CC(C)(C)Sc1c(CC(=O)O)[nH]c2ccc(COc3ccccn3)cc12. The topological polar surface area (TPSA) is 75.2 Å². The van der Waals surface area contributed by atoms with E-state index in [0.717, 1.165) is 27.1 Å². The third-order valence-electron chi connectivity index (χ3n) is 3.65. The first kappa shape index (κ1) is 18.3. The molecule has 136 valence electrons.